The highest BCUT2D eigenvalue weighted by molar-refractivity contribution is 7.22. The van der Waals surface area contributed by atoms with Gasteiger partial charge in [0.25, 0.3) is 0 Å². The van der Waals surface area contributed by atoms with E-state index >= 15 is 0 Å². The molecular formula is C29H29ClN4O2S. The predicted molar refractivity (Wildman–Crippen MR) is 151 cm³/mol. The molecule has 0 radical (unpaired) electrons. The first-order valence-electron chi connectivity index (χ1n) is 12.1. The van der Waals surface area contributed by atoms with Crippen LogP contribution in [-0.4, -0.2) is 30.9 Å². The van der Waals surface area contributed by atoms with E-state index in [1.807, 2.05) is 88.8 Å². The number of pyridine rings is 1. The maximum atomic E-state index is 13.0. The summed E-state index contributed by atoms with van der Waals surface area (Å²) in [5.74, 6) is 0.862. The van der Waals surface area contributed by atoms with Crippen molar-refractivity contribution >= 4 is 50.1 Å². The van der Waals surface area contributed by atoms with Crippen LogP contribution in [0.15, 0.2) is 42.6 Å². The first kappa shape index (κ1) is 25.5. The van der Waals surface area contributed by atoms with Crippen LogP contribution in [0.3, 0.4) is 0 Å². The quantitative estimate of drug-likeness (QED) is 0.233. The molecule has 1 atom stereocenters. The summed E-state index contributed by atoms with van der Waals surface area (Å²) in [6, 6.07) is 11.8. The van der Waals surface area contributed by atoms with Crippen LogP contribution < -0.4 is 0 Å². The van der Waals surface area contributed by atoms with Crippen LogP contribution in [0.25, 0.3) is 43.1 Å². The zero-order chi connectivity index (χ0) is 26.6. The van der Waals surface area contributed by atoms with Gasteiger partial charge >= 0.3 is 0 Å². The lowest BCUT2D eigenvalue weighted by atomic mass is 9.90. The molecule has 0 fully saturated rings. The molecule has 0 N–H and O–H groups in total. The van der Waals surface area contributed by atoms with Crippen LogP contribution in [0.5, 0.6) is 0 Å². The Morgan fingerprint density at radius 1 is 1.05 bits per heavy atom. The molecule has 0 spiro atoms. The zero-order valence-electron chi connectivity index (χ0n) is 22.0. The third kappa shape index (κ3) is 4.79. The Kier molecular flexibility index (Phi) is 6.42. The summed E-state index contributed by atoms with van der Waals surface area (Å²) in [6.45, 7) is 11.5. The number of halogens is 1. The molecule has 37 heavy (non-hydrogen) atoms. The molecule has 5 aromatic rings. The number of hydrogen-bond donors (Lipinski definition) is 0. The average molecular weight is 533 g/mol. The Bertz CT molecular complexity index is 1660. The Hall–Kier alpha value is -3.13. The topological polar surface area (TPSA) is 69.9 Å². The maximum absolute atomic E-state index is 13.0. The van der Waals surface area contributed by atoms with Crippen molar-refractivity contribution in [3.05, 3.63) is 64.6 Å². The van der Waals surface area contributed by atoms with Crippen molar-refractivity contribution in [2.45, 2.75) is 53.2 Å². The number of rotatable bonds is 5. The zero-order valence-corrected chi connectivity index (χ0v) is 23.6. The molecule has 3 heterocycles. The van der Waals surface area contributed by atoms with E-state index in [1.165, 1.54) is 0 Å². The second-order valence-electron chi connectivity index (χ2n) is 10.4. The molecule has 0 aliphatic carbocycles. The van der Waals surface area contributed by atoms with E-state index in [0.717, 1.165) is 60.0 Å². The van der Waals surface area contributed by atoms with Gasteiger partial charge in [-0.3, -0.25) is 4.79 Å². The van der Waals surface area contributed by atoms with E-state index in [0.29, 0.717) is 5.02 Å². The van der Waals surface area contributed by atoms with Crippen LogP contribution in [0.1, 0.15) is 50.8 Å². The summed E-state index contributed by atoms with van der Waals surface area (Å²) < 4.78 is 9.30. The fourth-order valence-electron chi connectivity index (χ4n) is 4.58. The van der Waals surface area contributed by atoms with Gasteiger partial charge in [-0.1, -0.05) is 23.7 Å². The van der Waals surface area contributed by atoms with Gasteiger partial charge in [0.15, 0.2) is 11.4 Å². The Labute approximate surface area is 225 Å². The summed E-state index contributed by atoms with van der Waals surface area (Å²) >= 11 is 7.81. The third-order valence-corrected chi connectivity index (χ3v) is 7.73. The first-order valence-corrected chi connectivity index (χ1v) is 13.3. The first-order chi connectivity index (χ1) is 17.4. The Balaban J connectivity index is 1.78. The number of carbonyl (C=O) groups excluding carboxylic acids is 1. The minimum absolute atomic E-state index is 0.0440. The number of Topliss-reactive ketones (excluding diaryl/α,β-unsaturated/α-hetero) is 1. The van der Waals surface area contributed by atoms with Crippen LogP contribution in [0.2, 0.25) is 5.02 Å². The van der Waals surface area contributed by atoms with Crippen molar-refractivity contribution in [1.29, 1.82) is 0 Å². The van der Waals surface area contributed by atoms with Gasteiger partial charge in [-0.2, -0.15) is 0 Å². The number of fused-ring (bicyclic) bond motifs is 2. The molecule has 0 aliphatic rings. The van der Waals surface area contributed by atoms with Crippen LogP contribution in [-0.2, 0) is 16.6 Å². The van der Waals surface area contributed by atoms with Gasteiger partial charge in [-0.05, 0) is 76.9 Å². The third-order valence-electron chi connectivity index (χ3n) is 6.34. The largest absolute Gasteiger partial charge is 0.360 e. The number of aromatic nitrogens is 4. The van der Waals surface area contributed by atoms with E-state index in [-0.39, 0.29) is 5.78 Å². The van der Waals surface area contributed by atoms with Crippen LogP contribution in [0.4, 0.5) is 0 Å². The number of ketones is 1. The molecule has 2 aromatic carbocycles. The number of benzene rings is 2. The minimum atomic E-state index is -0.713. The molecule has 0 unspecified atom stereocenters. The number of nitrogens with zero attached hydrogens (tertiary/aromatic N) is 4. The highest BCUT2D eigenvalue weighted by atomic mass is 35.5. The van der Waals surface area contributed by atoms with Crippen LogP contribution in [0, 0.1) is 13.8 Å². The van der Waals surface area contributed by atoms with E-state index < -0.39 is 11.7 Å². The lowest BCUT2D eigenvalue weighted by molar-refractivity contribution is -0.138. The number of aryl methyl sites for hydroxylation is 3. The standard InChI is InChI=1S/C29H29ClN4O2S/c1-15-12-21-26(37-28(33-21)19-13-22-27(31-14-19)34(7)17(3)32-22)24(18-8-10-20(30)11-9-18)23(15)25(16(2)35)36-29(4,5)6/h8-14,25H,1-7H3/t25-/m1/s1. The molecule has 0 saturated carbocycles. The summed E-state index contributed by atoms with van der Waals surface area (Å²) in [6.07, 6.45) is 1.13. The summed E-state index contributed by atoms with van der Waals surface area (Å²) in [5, 5.41) is 1.49. The number of thiazole rings is 1. The number of imidazole rings is 1. The maximum Gasteiger partial charge on any atom is 0.163 e. The highest BCUT2D eigenvalue weighted by Crippen LogP contribution is 2.44. The number of ether oxygens (including phenoxy) is 1. The predicted octanol–water partition coefficient (Wildman–Crippen LogP) is 7.63. The van der Waals surface area contributed by atoms with E-state index in [4.69, 9.17) is 21.3 Å². The van der Waals surface area contributed by atoms with Crippen molar-refractivity contribution < 1.29 is 9.53 Å². The summed E-state index contributed by atoms with van der Waals surface area (Å²) in [7, 11) is 1.96. The van der Waals surface area contributed by atoms with Crippen LogP contribution >= 0.6 is 22.9 Å². The van der Waals surface area contributed by atoms with Crippen molar-refractivity contribution in [3.8, 4) is 21.7 Å². The summed E-state index contributed by atoms with van der Waals surface area (Å²) in [5.41, 5.74) is 6.66. The lowest BCUT2D eigenvalue weighted by Gasteiger charge is -2.29. The van der Waals surface area contributed by atoms with Gasteiger partial charge < -0.3 is 9.30 Å². The molecule has 190 valence electrons. The molecular weight excluding hydrogens is 504 g/mol. The van der Waals surface area contributed by atoms with Gasteiger partial charge in [0.2, 0.25) is 0 Å². The number of carbonyl (C=O) groups is 1. The fraction of sp³-hybridized carbons (Fsp3) is 0.310. The SMILES string of the molecule is CC(=O)[C@@H](OC(C)(C)C)c1c(C)cc2nc(-c3cnc4c(c3)nc(C)n4C)sc2c1-c1ccc(Cl)cc1. The van der Waals surface area contributed by atoms with E-state index in [2.05, 4.69) is 9.97 Å². The minimum Gasteiger partial charge on any atom is -0.360 e. The Morgan fingerprint density at radius 2 is 1.76 bits per heavy atom. The average Bonchev–Trinajstić information content (AvgIpc) is 3.36. The smallest absolute Gasteiger partial charge is 0.163 e. The van der Waals surface area contributed by atoms with Gasteiger partial charge in [-0.15, -0.1) is 11.3 Å². The molecule has 0 saturated heterocycles. The van der Waals surface area contributed by atoms with Crippen molar-refractivity contribution in [3.63, 3.8) is 0 Å². The van der Waals surface area contributed by atoms with Gasteiger partial charge in [0, 0.05) is 35.0 Å². The molecule has 3 aromatic heterocycles. The molecule has 8 heteroatoms. The molecule has 0 amide bonds. The molecule has 6 nitrogen and oxygen atoms in total. The van der Waals surface area contributed by atoms with Gasteiger partial charge in [-0.25, -0.2) is 15.0 Å². The molecule has 0 bridgehead atoms. The van der Waals surface area contributed by atoms with E-state index in [1.54, 1.807) is 18.3 Å². The van der Waals surface area contributed by atoms with Gasteiger partial charge in [0.1, 0.15) is 22.5 Å². The Morgan fingerprint density at radius 3 is 2.41 bits per heavy atom. The fourth-order valence-corrected chi connectivity index (χ4v) is 5.81. The molecule has 0 aliphatic heterocycles. The summed E-state index contributed by atoms with van der Waals surface area (Å²) in [4.78, 5) is 27.2. The second-order valence-corrected chi connectivity index (χ2v) is 11.8. The number of hydrogen-bond acceptors (Lipinski definition) is 6. The van der Waals surface area contributed by atoms with Crippen molar-refractivity contribution in [2.24, 2.45) is 7.05 Å². The molecule has 5 rings (SSSR count). The highest BCUT2D eigenvalue weighted by Gasteiger charge is 2.30. The van der Waals surface area contributed by atoms with Crippen molar-refractivity contribution in [1.82, 2.24) is 19.5 Å². The van der Waals surface area contributed by atoms with Gasteiger partial charge in [0.05, 0.1) is 15.8 Å². The lowest BCUT2D eigenvalue weighted by Crippen LogP contribution is -2.27. The second kappa shape index (κ2) is 9.31. The monoisotopic (exact) mass is 532 g/mol. The normalized spacial score (nSPS) is 13.0. The van der Waals surface area contributed by atoms with E-state index in [9.17, 15) is 4.79 Å². The van der Waals surface area contributed by atoms with Crippen molar-refractivity contribution in [2.75, 3.05) is 0 Å².